The number of hydrogen-bond donors (Lipinski definition) is 2. The number of carboxylic acids is 1. The fourth-order valence-electron chi connectivity index (χ4n) is 3.85. The summed E-state index contributed by atoms with van der Waals surface area (Å²) in [6.07, 6.45) is 1.33. The fraction of sp³-hybridized carbons (Fsp3) is 0.192. The highest BCUT2D eigenvalue weighted by atomic mass is 32.2. The number of carbonyl (C=O) groups is 1. The van der Waals surface area contributed by atoms with Crippen LogP contribution >= 0.6 is 11.8 Å². The predicted molar refractivity (Wildman–Crippen MR) is 133 cm³/mol. The van der Waals surface area contributed by atoms with Crippen molar-refractivity contribution in [3.05, 3.63) is 83.2 Å². The molecule has 2 N–H and O–H groups in total. The van der Waals surface area contributed by atoms with Gasteiger partial charge in [0, 0.05) is 18.0 Å². The van der Waals surface area contributed by atoms with Crippen LogP contribution in [0.4, 0.5) is 0 Å². The Balaban J connectivity index is 1.60. The molecule has 0 unspecified atom stereocenters. The summed E-state index contributed by atoms with van der Waals surface area (Å²) in [6, 6.07) is 17.7. The summed E-state index contributed by atoms with van der Waals surface area (Å²) in [5.41, 5.74) is 5.10. The maximum absolute atomic E-state index is 11.5. The predicted octanol–water partition coefficient (Wildman–Crippen LogP) is 5.02. The van der Waals surface area contributed by atoms with Gasteiger partial charge in [-0.05, 0) is 29.2 Å². The van der Waals surface area contributed by atoms with Gasteiger partial charge in [0.05, 0.1) is 26.3 Å². The number of carboxylic acid groups (broad SMARTS) is 1. The van der Waals surface area contributed by atoms with Gasteiger partial charge in [0.15, 0.2) is 5.16 Å². The van der Waals surface area contributed by atoms with Crippen molar-refractivity contribution in [2.24, 2.45) is 0 Å². The lowest BCUT2D eigenvalue weighted by atomic mass is 9.97. The number of thioether (sulfide) groups is 1. The molecule has 0 amide bonds. The minimum atomic E-state index is -1.16. The standard InChI is InChI=1S/C26H25N3O5S/c1-16-18(10-7-11-20(16)17-8-5-4-6-9-17)15-35-26-27-23(33-2)21(24(28-26)34-3)14-29-13-19(30)12-22(29)25(31)32/h4-13,30H,14-15H2,1-3H3,(H,31,32). The molecular formula is C26H25N3O5S. The Labute approximate surface area is 207 Å². The number of methoxy groups -OCH3 is 2. The van der Waals surface area contributed by atoms with Gasteiger partial charge in [-0.15, -0.1) is 0 Å². The van der Waals surface area contributed by atoms with Gasteiger partial charge in [-0.25, -0.2) is 4.79 Å². The van der Waals surface area contributed by atoms with Crippen LogP contribution in [0.25, 0.3) is 11.1 Å². The molecule has 2 heterocycles. The molecule has 0 saturated carbocycles. The molecule has 0 saturated heterocycles. The lowest BCUT2D eigenvalue weighted by molar-refractivity contribution is 0.0685. The van der Waals surface area contributed by atoms with Gasteiger partial charge in [0.1, 0.15) is 11.4 Å². The quantitative estimate of drug-likeness (QED) is 0.248. The molecule has 35 heavy (non-hydrogen) atoms. The van der Waals surface area contributed by atoms with Gasteiger partial charge < -0.3 is 24.3 Å². The molecule has 0 aliphatic heterocycles. The molecule has 4 rings (SSSR count). The van der Waals surface area contributed by atoms with Crippen molar-refractivity contribution in [2.75, 3.05) is 14.2 Å². The van der Waals surface area contributed by atoms with Crippen LogP contribution in [-0.4, -0.2) is 44.9 Å². The van der Waals surface area contributed by atoms with Gasteiger partial charge in [-0.3, -0.25) is 0 Å². The summed E-state index contributed by atoms with van der Waals surface area (Å²) in [4.78, 5) is 20.6. The largest absolute Gasteiger partial charge is 0.506 e. The number of rotatable bonds is 9. The number of benzene rings is 2. The molecule has 0 bridgehead atoms. The van der Waals surface area contributed by atoms with Crippen LogP contribution in [0, 0.1) is 6.92 Å². The third kappa shape index (κ3) is 5.25. The van der Waals surface area contributed by atoms with E-state index < -0.39 is 5.97 Å². The SMILES string of the molecule is COc1nc(SCc2cccc(-c3ccccc3)c2C)nc(OC)c1Cn1cc(O)cc1C(=O)O. The average Bonchev–Trinajstić information content (AvgIpc) is 3.24. The summed E-state index contributed by atoms with van der Waals surface area (Å²) in [5.74, 6) is -0.115. The number of ether oxygens (including phenoxy) is 2. The lowest BCUT2D eigenvalue weighted by Gasteiger charge is -2.15. The average molecular weight is 492 g/mol. The Morgan fingerprint density at radius 3 is 2.34 bits per heavy atom. The molecule has 2 aromatic heterocycles. The Bertz CT molecular complexity index is 1330. The van der Waals surface area contributed by atoms with Crippen molar-refractivity contribution in [1.82, 2.24) is 14.5 Å². The maximum atomic E-state index is 11.5. The summed E-state index contributed by atoms with van der Waals surface area (Å²) in [6.45, 7) is 2.16. The van der Waals surface area contributed by atoms with Crippen LogP contribution in [0.15, 0.2) is 66.0 Å². The minimum absolute atomic E-state index is 0.0533. The molecule has 0 spiro atoms. The maximum Gasteiger partial charge on any atom is 0.352 e. The van der Waals surface area contributed by atoms with E-state index in [4.69, 9.17) is 9.47 Å². The lowest BCUT2D eigenvalue weighted by Crippen LogP contribution is -2.12. The highest BCUT2D eigenvalue weighted by Gasteiger charge is 2.21. The van der Waals surface area contributed by atoms with Gasteiger partial charge in [-0.1, -0.05) is 60.3 Å². The van der Waals surface area contributed by atoms with E-state index in [-0.39, 0.29) is 29.7 Å². The van der Waals surface area contributed by atoms with E-state index in [1.807, 2.05) is 24.3 Å². The van der Waals surface area contributed by atoms with Gasteiger partial charge in [-0.2, -0.15) is 9.97 Å². The molecule has 0 atom stereocenters. The number of aromatic nitrogens is 3. The van der Waals surface area contributed by atoms with Crippen molar-refractivity contribution in [3.63, 3.8) is 0 Å². The monoisotopic (exact) mass is 491 g/mol. The van der Waals surface area contributed by atoms with Crippen LogP contribution in [0.1, 0.15) is 27.2 Å². The first-order valence-electron chi connectivity index (χ1n) is 10.8. The smallest absolute Gasteiger partial charge is 0.352 e. The molecule has 0 aliphatic carbocycles. The van der Waals surface area contributed by atoms with Crippen LogP contribution < -0.4 is 9.47 Å². The van der Waals surface area contributed by atoms with E-state index in [1.54, 1.807) is 0 Å². The molecule has 9 heteroatoms. The molecule has 2 aromatic carbocycles. The first-order chi connectivity index (χ1) is 16.9. The van der Waals surface area contributed by atoms with E-state index in [1.165, 1.54) is 53.9 Å². The zero-order chi connectivity index (χ0) is 24.9. The van der Waals surface area contributed by atoms with Crippen molar-refractivity contribution in [3.8, 4) is 28.6 Å². The van der Waals surface area contributed by atoms with Crippen molar-refractivity contribution in [2.45, 2.75) is 24.4 Å². The summed E-state index contributed by atoms with van der Waals surface area (Å²) >= 11 is 1.45. The first kappa shape index (κ1) is 24.2. The molecule has 0 aliphatic rings. The van der Waals surface area contributed by atoms with Crippen LogP contribution in [0.5, 0.6) is 17.5 Å². The fourth-order valence-corrected chi connectivity index (χ4v) is 4.74. The second-order valence-electron chi connectivity index (χ2n) is 7.76. The molecular weight excluding hydrogens is 466 g/mol. The highest BCUT2D eigenvalue weighted by Crippen LogP contribution is 2.33. The first-order valence-corrected chi connectivity index (χ1v) is 11.8. The molecule has 0 fully saturated rings. The van der Waals surface area contributed by atoms with E-state index in [9.17, 15) is 15.0 Å². The summed E-state index contributed by atoms with van der Waals surface area (Å²) in [5, 5.41) is 19.7. The van der Waals surface area contributed by atoms with E-state index in [2.05, 4.69) is 41.2 Å². The number of aromatic carboxylic acids is 1. The number of nitrogens with zero attached hydrogens (tertiary/aromatic N) is 3. The molecule has 4 aromatic rings. The Morgan fingerprint density at radius 2 is 1.71 bits per heavy atom. The van der Waals surface area contributed by atoms with E-state index in [0.29, 0.717) is 16.5 Å². The zero-order valence-electron chi connectivity index (χ0n) is 19.6. The molecule has 180 valence electrons. The van der Waals surface area contributed by atoms with Crippen molar-refractivity contribution >= 4 is 17.7 Å². The second-order valence-corrected chi connectivity index (χ2v) is 8.71. The van der Waals surface area contributed by atoms with Gasteiger partial charge in [0.2, 0.25) is 11.8 Å². The topological polar surface area (TPSA) is 107 Å². The van der Waals surface area contributed by atoms with Crippen molar-refractivity contribution in [1.29, 1.82) is 0 Å². The zero-order valence-corrected chi connectivity index (χ0v) is 20.4. The van der Waals surface area contributed by atoms with Crippen LogP contribution in [-0.2, 0) is 12.3 Å². The van der Waals surface area contributed by atoms with E-state index in [0.717, 1.165) is 11.1 Å². The Hall–Kier alpha value is -3.98. The minimum Gasteiger partial charge on any atom is -0.506 e. The summed E-state index contributed by atoms with van der Waals surface area (Å²) < 4.78 is 12.4. The van der Waals surface area contributed by atoms with Crippen LogP contribution in [0.3, 0.4) is 0 Å². The second kappa shape index (κ2) is 10.5. The van der Waals surface area contributed by atoms with E-state index >= 15 is 0 Å². The van der Waals surface area contributed by atoms with Gasteiger partial charge >= 0.3 is 5.97 Å². The Kier molecular flexibility index (Phi) is 7.26. The Morgan fingerprint density at radius 1 is 1.03 bits per heavy atom. The molecule has 0 radical (unpaired) electrons. The summed E-state index contributed by atoms with van der Waals surface area (Å²) in [7, 11) is 2.97. The number of aromatic hydroxyl groups is 1. The third-order valence-corrected chi connectivity index (χ3v) is 6.51. The highest BCUT2D eigenvalue weighted by molar-refractivity contribution is 7.98. The number of hydrogen-bond acceptors (Lipinski definition) is 7. The van der Waals surface area contributed by atoms with Crippen molar-refractivity contribution < 1.29 is 24.5 Å². The third-order valence-electron chi connectivity index (χ3n) is 5.61. The van der Waals surface area contributed by atoms with Gasteiger partial charge in [0.25, 0.3) is 0 Å². The normalized spacial score (nSPS) is 10.8. The molecule has 8 nitrogen and oxygen atoms in total. The van der Waals surface area contributed by atoms with Crippen LogP contribution in [0.2, 0.25) is 0 Å².